The van der Waals surface area contributed by atoms with E-state index in [0.717, 1.165) is 18.5 Å². The number of halogens is 2. The van der Waals surface area contributed by atoms with E-state index in [-0.39, 0.29) is 18.3 Å². The lowest BCUT2D eigenvalue weighted by atomic mass is 10.0. The van der Waals surface area contributed by atoms with Crippen molar-refractivity contribution in [1.29, 1.82) is 0 Å². The highest BCUT2D eigenvalue weighted by molar-refractivity contribution is 6.32. The van der Waals surface area contributed by atoms with Crippen LogP contribution in [0.5, 0.6) is 11.5 Å². The number of piperidine rings is 1. The summed E-state index contributed by atoms with van der Waals surface area (Å²) in [7, 11) is 0. The molecule has 1 saturated heterocycles. The van der Waals surface area contributed by atoms with E-state index in [9.17, 15) is 9.18 Å². The SMILES string of the molecule is CC1CCCCN1C/C=C/C(=O)N1CCOc2cc3ncnc(Nc4ccc(OCc5cccc(F)c5)c(Cl)c4)c3cc21. The van der Waals surface area contributed by atoms with Crippen molar-refractivity contribution in [3.8, 4) is 11.5 Å². The summed E-state index contributed by atoms with van der Waals surface area (Å²) in [4.78, 5) is 26.4. The largest absolute Gasteiger partial charge is 0.489 e. The van der Waals surface area contributed by atoms with Gasteiger partial charge in [-0.1, -0.05) is 36.2 Å². The zero-order valence-corrected chi connectivity index (χ0v) is 24.7. The monoisotopic (exact) mass is 601 g/mol. The Bertz CT molecular complexity index is 1670. The second kappa shape index (κ2) is 13.0. The Balaban J connectivity index is 1.19. The summed E-state index contributed by atoms with van der Waals surface area (Å²) in [6.45, 7) is 5.13. The third-order valence-electron chi connectivity index (χ3n) is 7.86. The number of aromatic nitrogens is 2. The average Bonchev–Trinajstić information content (AvgIpc) is 3.00. The number of nitrogens with zero attached hydrogens (tertiary/aromatic N) is 4. The number of likely N-dealkylation sites (tertiary alicyclic amines) is 1. The van der Waals surface area contributed by atoms with Gasteiger partial charge >= 0.3 is 0 Å². The Morgan fingerprint density at radius 3 is 2.91 bits per heavy atom. The van der Waals surface area contributed by atoms with E-state index in [0.29, 0.717) is 64.0 Å². The number of anilines is 3. The molecule has 1 atom stereocenters. The molecule has 3 heterocycles. The van der Waals surface area contributed by atoms with Gasteiger partial charge in [-0.25, -0.2) is 14.4 Å². The molecule has 0 spiro atoms. The Kier molecular flexibility index (Phi) is 8.72. The molecule has 10 heteroatoms. The van der Waals surface area contributed by atoms with Crippen LogP contribution in [0.2, 0.25) is 5.02 Å². The fourth-order valence-corrected chi connectivity index (χ4v) is 5.76. The maximum atomic E-state index is 13.5. The van der Waals surface area contributed by atoms with Crippen LogP contribution < -0.4 is 19.7 Å². The van der Waals surface area contributed by atoms with Gasteiger partial charge in [0.2, 0.25) is 0 Å². The first-order chi connectivity index (χ1) is 20.9. The summed E-state index contributed by atoms with van der Waals surface area (Å²) in [5.74, 6) is 1.25. The van der Waals surface area contributed by atoms with Crippen molar-refractivity contribution in [3.05, 3.63) is 89.5 Å². The lowest BCUT2D eigenvalue weighted by molar-refractivity contribution is -0.114. The van der Waals surface area contributed by atoms with Crippen LogP contribution >= 0.6 is 11.6 Å². The van der Waals surface area contributed by atoms with Gasteiger partial charge < -0.3 is 19.7 Å². The molecule has 0 saturated carbocycles. The van der Waals surface area contributed by atoms with E-state index in [4.69, 9.17) is 21.1 Å². The Labute approximate surface area is 255 Å². The van der Waals surface area contributed by atoms with Crippen LogP contribution in [0.3, 0.4) is 0 Å². The quantitative estimate of drug-likeness (QED) is 0.220. The van der Waals surface area contributed by atoms with Gasteiger partial charge in [0.1, 0.15) is 42.7 Å². The molecular weight excluding hydrogens is 569 g/mol. The molecule has 2 aliphatic rings. The molecule has 1 amide bonds. The molecule has 2 aliphatic heterocycles. The smallest absolute Gasteiger partial charge is 0.250 e. The minimum Gasteiger partial charge on any atom is -0.489 e. The van der Waals surface area contributed by atoms with Gasteiger partial charge in [-0.05, 0) is 68.3 Å². The molecule has 4 aromatic rings. The van der Waals surface area contributed by atoms with Crippen LogP contribution in [-0.4, -0.2) is 53.1 Å². The van der Waals surface area contributed by atoms with Gasteiger partial charge in [0, 0.05) is 35.8 Å². The fraction of sp³-hybridized carbons (Fsp3) is 0.303. The van der Waals surface area contributed by atoms with Crippen molar-refractivity contribution in [3.63, 3.8) is 0 Å². The molecule has 43 heavy (non-hydrogen) atoms. The number of ether oxygens (including phenoxy) is 2. The normalized spacial score (nSPS) is 17.1. The first kappa shape index (κ1) is 28.9. The van der Waals surface area contributed by atoms with Crippen LogP contribution in [0.25, 0.3) is 10.9 Å². The van der Waals surface area contributed by atoms with Crippen LogP contribution in [0.1, 0.15) is 31.7 Å². The van der Waals surface area contributed by atoms with Crippen LogP contribution in [0, 0.1) is 5.82 Å². The molecule has 0 radical (unpaired) electrons. The van der Waals surface area contributed by atoms with Crippen molar-refractivity contribution in [2.24, 2.45) is 0 Å². The molecule has 3 aromatic carbocycles. The molecule has 1 fully saturated rings. The Morgan fingerprint density at radius 2 is 2.07 bits per heavy atom. The predicted molar refractivity (Wildman–Crippen MR) is 167 cm³/mol. The minimum absolute atomic E-state index is 0.0828. The zero-order valence-electron chi connectivity index (χ0n) is 23.9. The number of carbonyl (C=O) groups excluding carboxylic acids is 1. The van der Waals surface area contributed by atoms with E-state index in [1.165, 1.54) is 37.7 Å². The number of amides is 1. The third-order valence-corrected chi connectivity index (χ3v) is 8.16. The van der Waals surface area contributed by atoms with Crippen molar-refractivity contribution < 1.29 is 18.7 Å². The second-order valence-electron chi connectivity index (χ2n) is 10.8. The van der Waals surface area contributed by atoms with Crippen molar-refractivity contribution in [2.45, 2.75) is 38.8 Å². The summed E-state index contributed by atoms with van der Waals surface area (Å²) in [6, 6.07) is 15.8. The number of fused-ring (bicyclic) bond motifs is 2. The standard InChI is InChI=1S/C33H33ClFN5O3/c1-22-6-2-3-12-39(22)13-5-9-32(41)40-14-15-42-31-19-28-26(18-29(31)40)33(37-21-36-28)38-25-10-11-30(27(34)17-25)43-20-23-7-4-8-24(35)16-23/h4-5,7-11,16-19,21-22H,2-3,6,12-15,20H2,1H3,(H,36,37,38)/b9-5+. The minimum atomic E-state index is -0.317. The summed E-state index contributed by atoms with van der Waals surface area (Å²) in [5, 5.41) is 4.45. The fourth-order valence-electron chi connectivity index (χ4n) is 5.52. The molecule has 222 valence electrons. The molecule has 8 nitrogen and oxygen atoms in total. The van der Waals surface area contributed by atoms with Crippen LogP contribution in [0.4, 0.5) is 21.6 Å². The molecule has 0 bridgehead atoms. The number of carbonyl (C=O) groups is 1. The van der Waals surface area contributed by atoms with E-state index in [1.54, 1.807) is 35.2 Å². The molecule has 1 aromatic heterocycles. The zero-order chi connectivity index (χ0) is 29.8. The number of hydrogen-bond acceptors (Lipinski definition) is 7. The number of rotatable bonds is 8. The highest BCUT2D eigenvalue weighted by Gasteiger charge is 2.24. The number of benzene rings is 3. The number of hydrogen-bond donors (Lipinski definition) is 1. The average molecular weight is 602 g/mol. The lowest BCUT2D eigenvalue weighted by Gasteiger charge is -2.32. The second-order valence-corrected chi connectivity index (χ2v) is 11.2. The predicted octanol–water partition coefficient (Wildman–Crippen LogP) is 6.90. The van der Waals surface area contributed by atoms with Crippen molar-refractivity contribution >= 4 is 45.6 Å². The van der Waals surface area contributed by atoms with Gasteiger partial charge in [-0.15, -0.1) is 0 Å². The molecule has 1 N–H and O–H groups in total. The van der Waals surface area contributed by atoms with Gasteiger partial charge in [0.05, 0.1) is 22.8 Å². The van der Waals surface area contributed by atoms with E-state index < -0.39 is 0 Å². The third kappa shape index (κ3) is 6.73. The first-order valence-corrected chi connectivity index (χ1v) is 14.9. The van der Waals surface area contributed by atoms with Crippen molar-refractivity contribution in [2.75, 3.05) is 36.5 Å². The van der Waals surface area contributed by atoms with Gasteiger partial charge in [0.25, 0.3) is 5.91 Å². The van der Waals surface area contributed by atoms with Crippen LogP contribution in [-0.2, 0) is 11.4 Å². The molecule has 1 unspecified atom stereocenters. The number of nitrogens with one attached hydrogen (secondary N) is 1. The van der Waals surface area contributed by atoms with E-state index >= 15 is 0 Å². The molecule has 6 rings (SSSR count). The maximum absolute atomic E-state index is 13.5. The van der Waals surface area contributed by atoms with Gasteiger partial charge in [0.15, 0.2) is 0 Å². The van der Waals surface area contributed by atoms with E-state index in [1.807, 2.05) is 24.3 Å². The maximum Gasteiger partial charge on any atom is 0.250 e. The summed E-state index contributed by atoms with van der Waals surface area (Å²) in [5.41, 5.74) is 2.76. The lowest BCUT2D eigenvalue weighted by Crippen LogP contribution is -2.38. The van der Waals surface area contributed by atoms with Crippen molar-refractivity contribution in [1.82, 2.24) is 14.9 Å². The highest BCUT2D eigenvalue weighted by Crippen LogP contribution is 2.38. The topological polar surface area (TPSA) is 79.8 Å². The first-order valence-electron chi connectivity index (χ1n) is 14.5. The summed E-state index contributed by atoms with van der Waals surface area (Å²) < 4.78 is 25.2. The summed E-state index contributed by atoms with van der Waals surface area (Å²) >= 11 is 6.52. The molecular formula is C33H33ClFN5O3. The van der Waals surface area contributed by atoms with Crippen LogP contribution in [0.15, 0.2) is 73.1 Å². The van der Waals surface area contributed by atoms with Gasteiger partial charge in [-0.3, -0.25) is 9.69 Å². The Morgan fingerprint density at radius 1 is 1.16 bits per heavy atom. The summed E-state index contributed by atoms with van der Waals surface area (Å²) in [6.07, 6.45) is 8.78. The highest BCUT2D eigenvalue weighted by atomic mass is 35.5. The van der Waals surface area contributed by atoms with E-state index in [2.05, 4.69) is 27.1 Å². The van der Waals surface area contributed by atoms with Gasteiger partial charge in [-0.2, -0.15) is 0 Å². The molecule has 0 aliphatic carbocycles. The Hall–Kier alpha value is -4.21.